The van der Waals surface area contributed by atoms with Gasteiger partial charge in [-0.1, -0.05) is 54.6 Å². The maximum Gasteiger partial charge on any atom is 0.407 e. The number of aliphatic carboxylic acids is 1. The Morgan fingerprint density at radius 3 is 2.37 bits per heavy atom. The molecule has 180 valence electrons. The van der Waals surface area contributed by atoms with E-state index < -0.39 is 24.5 Å². The molecule has 2 aromatic carbocycles. The van der Waals surface area contributed by atoms with Crippen molar-refractivity contribution in [2.45, 2.75) is 12.5 Å². The van der Waals surface area contributed by atoms with Crippen molar-refractivity contribution in [1.82, 2.24) is 20.0 Å². The Hall–Kier alpha value is -4.40. The SMILES string of the molecule is C=CCN(CC(=O)O)C(=O)c1c(CNC(=O)OCC2c3ccccc3-c3ccccc32)cnn1C. The Morgan fingerprint density at radius 1 is 1.14 bits per heavy atom. The standard InChI is InChI=1S/C26H26N4O5/c1-3-12-30(15-23(31)32)25(33)24-17(14-28-29(24)2)13-27-26(34)35-16-22-20-10-6-4-8-18(20)19-9-5-7-11-21(19)22/h3-11,14,22H,1,12-13,15-16H2,2H3,(H,27,34)(H,31,32). The fourth-order valence-electron chi connectivity index (χ4n) is 4.39. The zero-order chi connectivity index (χ0) is 24.9. The molecule has 2 N–H and O–H groups in total. The Kier molecular flexibility index (Phi) is 6.96. The molecule has 9 nitrogen and oxygen atoms in total. The average molecular weight is 475 g/mol. The first kappa shape index (κ1) is 23.7. The number of amides is 2. The summed E-state index contributed by atoms with van der Waals surface area (Å²) in [5.41, 5.74) is 5.14. The van der Waals surface area contributed by atoms with Gasteiger partial charge >= 0.3 is 12.1 Å². The van der Waals surface area contributed by atoms with Crippen molar-refractivity contribution in [3.63, 3.8) is 0 Å². The summed E-state index contributed by atoms with van der Waals surface area (Å²) >= 11 is 0. The number of fused-ring (bicyclic) bond motifs is 3. The van der Waals surface area contributed by atoms with Gasteiger partial charge in [0.25, 0.3) is 5.91 Å². The van der Waals surface area contributed by atoms with Crippen molar-refractivity contribution in [3.05, 3.63) is 89.8 Å². The van der Waals surface area contributed by atoms with E-state index in [-0.39, 0.29) is 31.3 Å². The van der Waals surface area contributed by atoms with Crippen LogP contribution >= 0.6 is 0 Å². The lowest BCUT2D eigenvalue weighted by atomic mass is 9.98. The number of nitrogens with one attached hydrogen (secondary N) is 1. The normalized spacial score (nSPS) is 11.9. The molecule has 0 atom stereocenters. The molecular formula is C26H26N4O5. The molecule has 0 unspecified atom stereocenters. The summed E-state index contributed by atoms with van der Waals surface area (Å²) in [6.45, 7) is 3.33. The summed E-state index contributed by atoms with van der Waals surface area (Å²) in [5, 5.41) is 15.9. The molecule has 0 saturated carbocycles. The van der Waals surface area contributed by atoms with E-state index in [2.05, 4.69) is 29.1 Å². The van der Waals surface area contributed by atoms with E-state index in [1.165, 1.54) is 17.0 Å². The monoisotopic (exact) mass is 474 g/mol. The topological polar surface area (TPSA) is 114 Å². The number of carboxylic acids is 1. The molecule has 0 fully saturated rings. The van der Waals surface area contributed by atoms with Crippen LogP contribution in [0.2, 0.25) is 0 Å². The van der Waals surface area contributed by atoms with Gasteiger partial charge in [-0.25, -0.2) is 4.79 Å². The van der Waals surface area contributed by atoms with Crippen LogP contribution in [0.3, 0.4) is 0 Å². The molecule has 1 aliphatic rings. The van der Waals surface area contributed by atoms with E-state index in [9.17, 15) is 14.4 Å². The lowest BCUT2D eigenvalue weighted by molar-refractivity contribution is -0.137. The van der Waals surface area contributed by atoms with E-state index in [0.29, 0.717) is 5.56 Å². The fourth-order valence-corrected chi connectivity index (χ4v) is 4.39. The molecule has 0 aliphatic heterocycles. The van der Waals surface area contributed by atoms with Crippen LogP contribution < -0.4 is 5.32 Å². The smallest absolute Gasteiger partial charge is 0.407 e. The van der Waals surface area contributed by atoms with Crippen LogP contribution in [0.15, 0.2) is 67.4 Å². The molecule has 9 heteroatoms. The van der Waals surface area contributed by atoms with Crippen molar-refractivity contribution in [3.8, 4) is 11.1 Å². The minimum atomic E-state index is -1.14. The second-order valence-corrected chi connectivity index (χ2v) is 8.19. The quantitative estimate of drug-likeness (QED) is 0.461. The summed E-state index contributed by atoms with van der Waals surface area (Å²) in [6, 6.07) is 16.1. The highest BCUT2D eigenvalue weighted by Gasteiger charge is 2.29. The molecule has 1 heterocycles. The van der Waals surface area contributed by atoms with Crippen molar-refractivity contribution < 1.29 is 24.2 Å². The van der Waals surface area contributed by atoms with Gasteiger partial charge in [-0.15, -0.1) is 6.58 Å². The van der Waals surface area contributed by atoms with Gasteiger partial charge in [0, 0.05) is 25.1 Å². The zero-order valence-electron chi connectivity index (χ0n) is 19.3. The molecular weight excluding hydrogens is 448 g/mol. The Balaban J connectivity index is 1.41. The third-order valence-corrected chi connectivity index (χ3v) is 5.95. The van der Waals surface area contributed by atoms with Gasteiger partial charge in [-0.3, -0.25) is 14.3 Å². The first-order valence-electron chi connectivity index (χ1n) is 11.1. The maximum atomic E-state index is 13.0. The minimum Gasteiger partial charge on any atom is -0.480 e. The van der Waals surface area contributed by atoms with Crippen molar-refractivity contribution in [1.29, 1.82) is 0 Å². The van der Waals surface area contributed by atoms with Gasteiger partial charge < -0.3 is 20.1 Å². The maximum absolute atomic E-state index is 13.0. The summed E-state index contributed by atoms with van der Waals surface area (Å²) in [5.74, 6) is -1.72. The van der Waals surface area contributed by atoms with Crippen molar-refractivity contribution in [2.75, 3.05) is 19.7 Å². The average Bonchev–Trinajstić information content (AvgIpc) is 3.38. The number of hydrogen-bond donors (Lipinski definition) is 2. The van der Waals surface area contributed by atoms with Gasteiger partial charge in [0.15, 0.2) is 0 Å². The van der Waals surface area contributed by atoms with Crippen LogP contribution in [0.5, 0.6) is 0 Å². The molecule has 1 aliphatic carbocycles. The third-order valence-electron chi connectivity index (χ3n) is 5.95. The molecule has 1 aromatic heterocycles. The second-order valence-electron chi connectivity index (χ2n) is 8.19. The molecule has 35 heavy (non-hydrogen) atoms. The highest BCUT2D eigenvalue weighted by atomic mass is 16.5. The van der Waals surface area contributed by atoms with Crippen LogP contribution in [0.4, 0.5) is 4.79 Å². The molecule has 4 rings (SSSR count). The summed E-state index contributed by atoms with van der Waals surface area (Å²) in [4.78, 5) is 37.8. The van der Waals surface area contributed by atoms with Crippen LogP contribution in [0.25, 0.3) is 11.1 Å². The number of carbonyl (C=O) groups excluding carboxylic acids is 2. The summed E-state index contributed by atoms with van der Waals surface area (Å²) in [6.07, 6.45) is 2.29. The number of hydrogen-bond acceptors (Lipinski definition) is 5. The number of aryl methyl sites for hydroxylation is 1. The van der Waals surface area contributed by atoms with Crippen LogP contribution in [-0.4, -0.2) is 57.5 Å². The molecule has 0 spiro atoms. The third kappa shape index (κ3) is 4.93. The number of carbonyl (C=O) groups is 3. The van der Waals surface area contributed by atoms with Crippen LogP contribution in [0, 0.1) is 0 Å². The van der Waals surface area contributed by atoms with Crippen molar-refractivity contribution in [2.24, 2.45) is 7.05 Å². The number of aromatic nitrogens is 2. The zero-order valence-corrected chi connectivity index (χ0v) is 19.3. The largest absolute Gasteiger partial charge is 0.480 e. The lowest BCUT2D eigenvalue weighted by Crippen LogP contribution is -2.37. The van der Waals surface area contributed by atoms with Gasteiger partial charge in [0.05, 0.1) is 12.7 Å². The predicted molar refractivity (Wildman–Crippen MR) is 129 cm³/mol. The van der Waals surface area contributed by atoms with Gasteiger partial charge in [-0.2, -0.15) is 5.10 Å². The Labute approximate surface area is 202 Å². The highest BCUT2D eigenvalue weighted by Crippen LogP contribution is 2.44. The van der Waals surface area contributed by atoms with E-state index in [4.69, 9.17) is 9.84 Å². The molecule has 3 aromatic rings. The van der Waals surface area contributed by atoms with Crippen LogP contribution in [0.1, 0.15) is 33.1 Å². The number of ether oxygens (including phenoxy) is 1. The Bertz CT molecular complexity index is 1240. The number of alkyl carbamates (subject to hydrolysis) is 1. The summed E-state index contributed by atoms with van der Waals surface area (Å²) in [7, 11) is 1.58. The molecule has 2 amide bonds. The van der Waals surface area contributed by atoms with E-state index >= 15 is 0 Å². The highest BCUT2D eigenvalue weighted by molar-refractivity contribution is 5.95. The summed E-state index contributed by atoms with van der Waals surface area (Å²) < 4.78 is 6.90. The Morgan fingerprint density at radius 2 is 1.77 bits per heavy atom. The van der Waals surface area contributed by atoms with Crippen molar-refractivity contribution >= 4 is 18.0 Å². The fraction of sp³-hybridized carbons (Fsp3) is 0.231. The first-order chi connectivity index (χ1) is 16.9. The first-order valence-corrected chi connectivity index (χ1v) is 11.1. The number of benzene rings is 2. The van der Waals surface area contributed by atoms with E-state index in [1.54, 1.807) is 7.05 Å². The number of nitrogens with zero attached hydrogens (tertiary/aromatic N) is 3. The second kappa shape index (κ2) is 10.3. The van der Waals surface area contributed by atoms with E-state index in [1.807, 2.05) is 36.4 Å². The van der Waals surface area contributed by atoms with Gasteiger partial charge in [-0.05, 0) is 22.3 Å². The minimum absolute atomic E-state index is 0.000583. The molecule has 0 radical (unpaired) electrons. The number of carboxylic acid groups (broad SMARTS) is 1. The van der Waals surface area contributed by atoms with Gasteiger partial charge in [0.2, 0.25) is 0 Å². The van der Waals surface area contributed by atoms with Crippen LogP contribution in [-0.2, 0) is 23.1 Å². The van der Waals surface area contributed by atoms with E-state index in [0.717, 1.165) is 27.2 Å². The lowest BCUT2D eigenvalue weighted by Gasteiger charge is -2.20. The van der Waals surface area contributed by atoms with Gasteiger partial charge in [0.1, 0.15) is 18.8 Å². The molecule has 0 bridgehead atoms. The predicted octanol–water partition coefficient (Wildman–Crippen LogP) is 3.17. The number of rotatable bonds is 9. The molecule has 0 saturated heterocycles.